The van der Waals surface area contributed by atoms with Crippen LogP contribution in [0.15, 0.2) is 17.4 Å². The molecule has 0 aromatic carbocycles. The Balaban J connectivity index is 2.68. The maximum absolute atomic E-state index is 11.2. The van der Waals surface area contributed by atoms with Crippen LogP contribution in [0.5, 0.6) is 0 Å². The van der Waals surface area contributed by atoms with Crippen LogP contribution >= 0.6 is 0 Å². The van der Waals surface area contributed by atoms with Gasteiger partial charge in [-0.25, -0.2) is 9.97 Å². The summed E-state index contributed by atoms with van der Waals surface area (Å²) in [4.78, 5) is 21.5. The number of methoxy groups -OCH3 is 1. The fraction of sp³-hybridized carbons (Fsp3) is 0.286. The average Bonchev–Trinajstić information content (AvgIpc) is 2.51. The van der Waals surface area contributed by atoms with E-state index in [0.29, 0.717) is 17.9 Å². The SMILES string of the molecule is COCn1cnc2c(=O)[nH]cnc21. The summed E-state index contributed by atoms with van der Waals surface area (Å²) in [5, 5.41) is 0. The van der Waals surface area contributed by atoms with E-state index in [1.807, 2.05) is 0 Å². The number of fused-ring (bicyclic) bond motifs is 1. The van der Waals surface area contributed by atoms with Crippen LogP contribution in [0, 0.1) is 0 Å². The molecule has 0 radical (unpaired) electrons. The van der Waals surface area contributed by atoms with Gasteiger partial charge in [-0.3, -0.25) is 9.36 Å². The molecule has 0 aliphatic carbocycles. The molecule has 1 N–H and O–H groups in total. The lowest BCUT2D eigenvalue weighted by atomic mass is 10.5. The summed E-state index contributed by atoms with van der Waals surface area (Å²) in [5.74, 6) is 0. The van der Waals surface area contributed by atoms with Crippen LogP contribution < -0.4 is 5.56 Å². The number of aromatic amines is 1. The number of rotatable bonds is 2. The Bertz CT molecular complexity index is 473. The van der Waals surface area contributed by atoms with Crippen molar-refractivity contribution in [3.63, 3.8) is 0 Å². The van der Waals surface area contributed by atoms with E-state index in [4.69, 9.17) is 4.74 Å². The van der Waals surface area contributed by atoms with Gasteiger partial charge in [0.25, 0.3) is 5.56 Å². The smallest absolute Gasteiger partial charge is 0.278 e. The summed E-state index contributed by atoms with van der Waals surface area (Å²) in [6, 6.07) is 0. The van der Waals surface area contributed by atoms with Crippen molar-refractivity contribution in [2.75, 3.05) is 7.11 Å². The van der Waals surface area contributed by atoms with Crippen molar-refractivity contribution in [2.45, 2.75) is 6.73 Å². The zero-order valence-electron chi connectivity index (χ0n) is 7.02. The molecule has 13 heavy (non-hydrogen) atoms. The molecule has 0 unspecified atom stereocenters. The molecule has 2 aromatic rings. The maximum Gasteiger partial charge on any atom is 0.278 e. The molecule has 0 aliphatic rings. The Kier molecular flexibility index (Phi) is 1.82. The molecule has 2 rings (SSSR count). The molecule has 6 nitrogen and oxygen atoms in total. The number of hydrogen-bond acceptors (Lipinski definition) is 4. The summed E-state index contributed by atoms with van der Waals surface area (Å²) in [5.41, 5.74) is 0.630. The van der Waals surface area contributed by atoms with Crippen molar-refractivity contribution in [1.82, 2.24) is 19.5 Å². The average molecular weight is 180 g/mol. The number of aromatic nitrogens is 4. The van der Waals surface area contributed by atoms with E-state index in [2.05, 4.69) is 15.0 Å². The minimum atomic E-state index is -0.236. The second-order valence-electron chi connectivity index (χ2n) is 2.54. The van der Waals surface area contributed by atoms with Crippen molar-refractivity contribution in [2.24, 2.45) is 0 Å². The molecule has 0 spiro atoms. The second-order valence-corrected chi connectivity index (χ2v) is 2.54. The first-order chi connectivity index (χ1) is 6.33. The van der Waals surface area contributed by atoms with Crippen molar-refractivity contribution in [3.8, 4) is 0 Å². The van der Waals surface area contributed by atoms with Gasteiger partial charge in [-0.15, -0.1) is 0 Å². The van der Waals surface area contributed by atoms with Gasteiger partial charge in [-0.2, -0.15) is 0 Å². The van der Waals surface area contributed by atoms with Gasteiger partial charge in [0.15, 0.2) is 11.2 Å². The van der Waals surface area contributed by atoms with Gasteiger partial charge in [-0.05, 0) is 0 Å². The van der Waals surface area contributed by atoms with E-state index in [1.54, 1.807) is 11.7 Å². The highest BCUT2D eigenvalue weighted by molar-refractivity contribution is 5.68. The lowest BCUT2D eigenvalue weighted by Crippen LogP contribution is -2.07. The number of nitrogens with one attached hydrogen (secondary N) is 1. The Morgan fingerprint density at radius 1 is 1.62 bits per heavy atom. The molecule has 0 saturated carbocycles. The Morgan fingerprint density at radius 3 is 3.23 bits per heavy atom. The van der Waals surface area contributed by atoms with Crippen LogP contribution in [-0.4, -0.2) is 26.6 Å². The van der Waals surface area contributed by atoms with E-state index in [0.717, 1.165) is 0 Å². The third-order valence-electron chi connectivity index (χ3n) is 1.68. The summed E-state index contributed by atoms with van der Waals surface area (Å²) in [6.45, 7) is 0.340. The number of imidazole rings is 1. The molecular weight excluding hydrogens is 172 g/mol. The molecule has 0 saturated heterocycles. The Hall–Kier alpha value is -1.69. The second kappa shape index (κ2) is 2.98. The molecule has 2 aromatic heterocycles. The van der Waals surface area contributed by atoms with Gasteiger partial charge in [0.05, 0.1) is 12.7 Å². The van der Waals surface area contributed by atoms with Crippen molar-refractivity contribution in [1.29, 1.82) is 0 Å². The van der Waals surface area contributed by atoms with E-state index >= 15 is 0 Å². The van der Waals surface area contributed by atoms with Gasteiger partial charge in [0.1, 0.15) is 6.73 Å². The molecule has 0 amide bonds. The van der Waals surface area contributed by atoms with Crippen LogP contribution in [-0.2, 0) is 11.5 Å². The monoisotopic (exact) mass is 180 g/mol. The normalized spacial score (nSPS) is 10.8. The van der Waals surface area contributed by atoms with Crippen LogP contribution in [0.4, 0.5) is 0 Å². The lowest BCUT2D eigenvalue weighted by Gasteiger charge is -1.98. The van der Waals surface area contributed by atoms with E-state index < -0.39 is 0 Å². The molecule has 6 heteroatoms. The van der Waals surface area contributed by atoms with E-state index in [9.17, 15) is 4.79 Å². The Labute approximate surface area is 73.2 Å². The zero-order valence-corrected chi connectivity index (χ0v) is 7.02. The van der Waals surface area contributed by atoms with Gasteiger partial charge in [0, 0.05) is 7.11 Å². The van der Waals surface area contributed by atoms with Gasteiger partial charge in [-0.1, -0.05) is 0 Å². The molecule has 68 valence electrons. The highest BCUT2D eigenvalue weighted by atomic mass is 16.5. The lowest BCUT2D eigenvalue weighted by molar-refractivity contribution is 0.134. The summed E-state index contributed by atoms with van der Waals surface area (Å²) in [6.07, 6.45) is 2.87. The zero-order chi connectivity index (χ0) is 9.26. The number of H-pyrrole nitrogens is 1. The number of hydrogen-bond donors (Lipinski definition) is 1. The minimum absolute atomic E-state index is 0.236. The fourth-order valence-electron chi connectivity index (χ4n) is 1.13. The first kappa shape index (κ1) is 7.93. The van der Waals surface area contributed by atoms with E-state index in [1.165, 1.54) is 12.7 Å². The highest BCUT2D eigenvalue weighted by Crippen LogP contribution is 2.02. The predicted molar refractivity (Wildman–Crippen MR) is 45.2 cm³/mol. The quantitative estimate of drug-likeness (QED) is 0.690. The fourth-order valence-corrected chi connectivity index (χ4v) is 1.13. The molecule has 0 bridgehead atoms. The molecule has 0 fully saturated rings. The maximum atomic E-state index is 11.2. The van der Waals surface area contributed by atoms with Gasteiger partial charge < -0.3 is 9.72 Å². The predicted octanol–water partition coefficient (Wildman–Crippen LogP) is -0.277. The molecular formula is C7H8N4O2. The summed E-state index contributed by atoms with van der Waals surface area (Å²) < 4.78 is 6.56. The first-order valence-electron chi connectivity index (χ1n) is 3.70. The molecule has 0 atom stereocenters. The standard InChI is InChI=1S/C7H8N4O2/c1-13-4-11-3-10-5-6(11)8-2-9-7(5)12/h2-3H,4H2,1H3,(H,8,9,12). The van der Waals surface area contributed by atoms with Gasteiger partial charge >= 0.3 is 0 Å². The van der Waals surface area contributed by atoms with Crippen LogP contribution in [0.25, 0.3) is 11.2 Å². The van der Waals surface area contributed by atoms with Crippen LogP contribution in [0.1, 0.15) is 0 Å². The van der Waals surface area contributed by atoms with Crippen molar-refractivity contribution in [3.05, 3.63) is 23.0 Å². The number of ether oxygens (including phenoxy) is 1. The number of nitrogens with zero attached hydrogens (tertiary/aromatic N) is 3. The molecule has 0 aliphatic heterocycles. The first-order valence-corrected chi connectivity index (χ1v) is 3.70. The largest absolute Gasteiger partial charge is 0.364 e. The third kappa shape index (κ3) is 1.20. The van der Waals surface area contributed by atoms with Crippen molar-refractivity contribution >= 4 is 11.2 Å². The highest BCUT2D eigenvalue weighted by Gasteiger charge is 2.05. The van der Waals surface area contributed by atoms with Crippen LogP contribution in [0.2, 0.25) is 0 Å². The van der Waals surface area contributed by atoms with Crippen LogP contribution in [0.3, 0.4) is 0 Å². The van der Waals surface area contributed by atoms with E-state index in [-0.39, 0.29) is 5.56 Å². The van der Waals surface area contributed by atoms with Gasteiger partial charge in [0.2, 0.25) is 0 Å². The summed E-state index contributed by atoms with van der Waals surface area (Å²) in [7, 11) is 1.57. The van der Waals surface area contributed by atoms with Crippen molar-refractivity contribution < 1.29 is 4.74 Å². The third-order valence-corrected chi connectivity index (χ3v) is 1.68. The molecule has 2 heterocycles. The Morgan fingerprint density at radius 2 is 2.46 bits per heavy atom. The summed E-state index contributed by atoms with van der Waals surface area (Å²) >= 11 is 0. The minimum Gasteiger partial charge on any atom is -0.364 e. The topological polar surface area (TPSA) is 72.8 Å².